The molecule has 1 saturated carbocycles. The van der Waals surface area contributed by atoms with Crippen molar-refractivity contribution in [1.82, 2.24) is 0 Å². The van der Waals surface area contributed by atoms with Crippen molar-refractivity contribution in [2.45, 2.75) is 37.5 Å². The fourth-order valence-electron chi connectivity index (χ4n) is 2.52. The second-order valence-corrected chi connectivity index (χ2v) is 6.15. The lowest BCUT2D eigenvalue weighted by atomic mass is 10.2. The SMILES string of the molecule is CCSC1CCCC1Nc1ccc(N)c(OC)c1. The Hall–Kier alpha value is -1.03. The van der Waals surface area contributed by atoms with Crippen molar-refractivity contribution in [1.29, 1.82) is 0 Å². The molecule has 0 heterocycles. The third-order valence-electron chi connectivity index (χ3n) is 3.42. The third-order valence-corrected chi connectivity index (χ3v) is 4.74. The zero-order chi connectivity index (χ0) is 13.0. The van der Waals surface area contributed by atoms with Crippen molar-refractivity contribution >= 4 is 23.1 Å². The van der Waals surface area contributed by atoms with Crippen molar-refractivity contribution < 1.29 is 4.74 Å². The third kappa shape index (κ3) is 3.05. The van der Waals surface area contributed by atoms with Gasteiger partial charge in [-0.2, -0.15) is 11.8 Å². The molecule has 100 valence electrons. The number of methoxy groups -OCH3 is 1. The molecule has 3 N–H and O–H groups in total. The van der Waals surface area contributed by atoms with Gasteiger partial charge in [-0.15, -0.1) is 0 Å². The average molecular weight is 266 g/mol. The van der Waals surface area contributed by atoms with E-state index in [1.165, 1.54) is 25.0 Å². The molecule has 2 rings (SSSR count). The normalized spacial score (nSPS) is 23.0. The molecule has 0 amide bonds. The molecule has 2 atom stereocenters. The van der Waals surface area contributed by atoms with E-state index in [0.717, 1.165) is 16.7 Å². The Balaban J connectivity index is 2.04. The van der Waals surface area contributed by atoms with Crippen LogP contribution in [-0.4, -0.2) is 24.2 Å². The standard InChI is InChI=1S/C14H22N2OS/c1-3-18-14-6-4-5-12(14)16-10-7-8-11(15)13(9-10)17-2/h7-9,12,14,16H,3-6,15H2,1-2H3. The van der Waals surface area contributed by atoms with E-state index in [9.17, 15) is 0 Å². The zero-order valence-corrected chi connectivity index (χ0v) is 11.9. The number of nitrogens with one attached hydrogen (secondary N) is 1. The molecule has 0 bridgehead atoms. The highest BCUT2D eigenvalue weighted by Gasteiger charge is 2.26. The first kappa shape index (κ1) is 13.4. The first-order chi connectivity index (χ1) is 8.74. The lowest BCUT2D eigenvalue weighted by Gasteiger charge is -2.21. The van der Waals surface area contributed by atoms with Crippen LogP contribution in [0.15, 0.2) is 18.2 Å². The summed E-state index contributed by atoms with van der Waals surface area (Å²) < 4.78 is 5.25. The van der Waals surface area contributed by atoms with Gasteiger partial charge in [0, 0.05) is 23.0 Å². The van der Waals surface area contributed by atoms with E-state index in [4.69, 9.17) is 10.5 Å². The van der Waals surface area contributed by atoms with Gasteiger partial charge in [-0.05, 0) is 30.7 Å². The highest BCUT2D eigenvalue weighted by atomic mass is 32.2. The summed E-state index contributed by atoms with van der Waals surface area (Å²) in [6, 6.07) is 6.49. The number of hydrogen-bond acceptors (Lipinski definition) is 4. The van der Waals surface area contributed by atoms with Crippen molar-refractivity contribution in [3.8, 4) is 5.75 Å². The number of ether oxygens (including phenoxy) is 1. The lowest BCUT2D eigenvalue weighted by Crippen LogP contribution is -2.26. The van der Waals surface area contributed by atoms with Gasteiger partial charge in [-0.1, -0.05) is 13.3 Å². The minimum atomic E-state index is 0.572. The van der Waals surface area contributed by atoms with Gasteiger partial charge in [-0.25, -0.2) is 0 Å². The van der Waals surface area contributed by atoms with E-state index in [1.807, 2.05) is 18.2 Å². The second-order valence-electron chi connectivity index (χ2n) is 4.63. The average Bonchev–Trinajstić information content (AvgIpc) is 2.80. The molecule has 1 aromatic carbocycles. The number of anilines is 2. The molecule has 3 nitrogen and oxygen atoms in total. The molecular weight excluding hydrogens is 244 g/mol. The van der Waals surface area contributed by atoms with Crippen LogP contribution in [-0.2, 0) is 0 Å². The molecule has 1 aliphatic rings. The van der Waals surface area contributed by atoms with Crippen LogP contribution in [0.4, 0.5) is 11.4 Å². The minimum absolute atomic E-state index is 0.572. The van der Waals surface area contributed by atoms with Crippen LogP contribution in [0.1, 0.15) is 26.2 Å². The van der Waals surface area contributed by atoms with E-state index in [0.29, 0.717) is 11.7 Å². The van der Waals surface area contributed by atoms with Gasteiger partial charge in [0.15, 0.2) is 0 Å². The maximum atomic E-state index is 5.83. The summed E-state index contributed by atoms with van der Waals surface area (Å²) in [6.45, 7) is 2.23. The molecule has 0 aliphatic heterocycles. The molecule has 2 unspecified atom stereocenters. The molecule has 0 aromatic heterocycles. The molecule has 1 fully saturated rings. The van der Waals surface area contributed by atoms with E-state index < -0.39 is 0 Å². The van der Waals surface area contributed by atoms with Crippen LogP contribution >= 0.6 is 11.8 Å². The largest absolute Gasteiger partial charge is 0.495 e. The number of thioether (sulfide) groups is 1. The summed E-state index contributed by atoms with van der Waals surface area (Å²) >= 11 is 2.06. The predicted molar refractivity (Wildman–Crippen MR) is 80.6 cm³/mol. The Morgan fingerprint density at radius 2 is 2.28 bits per heavy atom. The summed E-state index contributed by atoms with van der Waals surface area (Å²) in [4.78, 5) is 0. The maximum absolute atomic E-state index is 5.83. The molecule has 0 saturated heterocycles. The summed E-state index contributed by atoms with van der Waals surface area (Å²) in [5, 5.41) is 4.36. The van der Waals surface area contributed by atoms with Crippen molar-refractivity contribution in [2.75, 3.05) is 23.9 Å². The maximum Gasteiger partial charge on any atom is 0.143 e. The highest BCUT2D eigenvalue weighted by Crippen LogP contribution is 2.33. The summed E-state index contributed by atoms with van der Waals surface area (Å²) in [5.41, 5.74) is 7.62. The quantitative estimate of drug-likeness (QED) is 0.802. The van der Waals surface area contributed by atoms with Gasteiger partial charge in [0.05, 0.1) is 12.8 Å². The topological polar surface area (TPSA) is 47.3 Å². The van der Waals surface area contributed by atoms with Gasteiger partial charge < -0.3 is 15.8 Å². The van der Waals surface area contributed by atoms with Gasteiger partial charge in [0.25, 0.3) is 0 Å². The molecule has 18 heavy (non-hydrogen) atoms. The monoisotopic (exact) mass is 266 g/mol. The molecular formula is C14H22N2OS. The Bertz CT molecular complexity index is 397. The van der Waals surface area contributed by atoms with Gasteiger partial charge >= 0.3 is 0 Å². The minimum Gasteiger partial charge on any atom is -0.495 e. The lowest BCUT2D eigenvalue weighted by molar-refractivity contribution is 0.417. The van der Waals surface area contributed by atoms with Crippen LogP contribution < -0.4 is 15.8 Å². The van der Waals surface area contributed by atoms with Crippen LogP contribution in [0.25, 0.3) is 0 Å². The van der Waals surface area contributed by atoms with Gasteiger partial charge in [0.1, 0.15) is 5.75 Å². The number of rotatable bonds is 5. The van der Waals surface area contributed by atoms with E-state index in [-0.39, 0.29) is 0 Å². The Kier molecular flexibility index (Phi) is 4.64. The van der Waals surface area contributed by atoms with Gasteiger partial charge in [0.2, 0.25) is 0 Å². The molecule has 0 radical (unpaired) electrons. The van der Waals surface area contributed by atoms with Crippen LogP contribution in [0.3, 0.4) is 0 Å². The second kappa shape index (κ2) is 6.23. The van der Waals surface area contributed by atoms with Crippen molar-refractivity contribution in [3.05, 3.63) is 18.2 Å². The first-order valence-electron chi connectivity index (χ1n) is 6.56. The fraction of sp³-hybridized carbons (Fsp3) is 0.571. The Morgan fingerprint density at radius 1 is 1.44 bits per heavy atom. The summed E-state index contributed by atoms with van der Waals surface area (Å²) in [7, 11) is 1.65. The number of benzene rings is 1. The van der Waals surface area contributed by atoms with E-state index >= 15 is 0 Å². The molecule has 1 aromatic rings. The molecule has 4 heteroatoms. The van der Waals surface area contributed by atoms with Crippen LogP contribution in [0.5, 0.6) is 5.75 Å². The Labute approximate surface area is 113 Å². The van der Waals surface area contributed by atoms with Gasteiger partial charge in [-0.3, -0.25) is 0 Å². The summed E-state index contributed by atoms with van der Waals surface area (Å²) in [5.74, 6) is 1.94. The van der Waals surface area contributed by atoms with Crippen LogP contribution in [0.2, 0.25) is 0 Å². The molecule has 1 aliphatic carbocycles. The van der Waals surface area contributed by atoms with Crippen molar-refractivity contribution in [3.63, 3.8) is 0 Å². The number of nitrogens with two attached hydrogens (primary N) is 1. The van der Waals surface area contributed by atoms with Crippen LogP contribution in [0, 0.1) is 0 Å². The Morgan fingerprint density at radius 3 is 3.00 bits per heavy atom. The smallest absolute Gasteiger partial charge is 0.143 e. The summed E-state index contributed by atoms with van der Waals surface area (Å²) in [6.07, 6.45) is 3.90. The van der Waals surface area contributed by atoms with E-state index in [1.54, 1.807) is 7.11 Å². The fourth-order valence-corrected chi connectivity index (χ4v) is 3.72. The first-order valence-corrected chi connectivity index (χ1v) is 7.61. The highest BCUT2D eigenvalue weighted by molar-refractivity contribution is 7.99. The predicted octanol–water partition coefficient (Wildman–Crippen LogP) is 3.36. The number of nitrogen functional groups attached to an aromatic ring is 1. The zero-order valence-electron chi connectivity index (χ0n) is 11.1. The molecule has 0 spiro atoms. The van der Waals surface area contributed by atoms with Crippen molar-refractivity contribution in [2.24, 2.45) is 0 Å². The number of hydrogen-bond donors (Lipinski definition) is 2. The van der Waals surface area contributed by atoms with E-state index in [2.05, 4.69) is 24.0 Å².